The van der Waals surface area contributed by atoms with Gasteiger partial charge >= 0.3 is 6.09 Å². The Morgan fingerprint density at radius 1 is 0.971 bits per heavy atom. The van der Waals surface area contributed by atoms with Crippen LogP contribution in [-0.2, 0) is 10.3 Å². The predicted octanol–water partition coefficient (Wildman–Crippen LogP) is 5.70. The van der Waals surface area contributed by atoms with Crippen LogP contribution in [0.1, 0.15) is 42.2 Å². The van der Waals surface area contributed by atoms with E-state index in [2.05, 4.69) is 19.9 Å². The van der Waals surface area contributed by atoms with Crippen LogP contribution in [0.4, 0.5) is 4.79 Å². The van der Waals surface area contributed by atoms with E-state index < -0.39 is 23.2 Å². The third kappa shape index (κ3) is 4.06. The van der Waals surface area contributed by atoms with Crippen molar-refractivity contribution in [2.75, 3.05) is 6.26 Å². The van der Waals surface area contributed by atoms with Gasteiger partial charge in [-0.2, -0.15) is 5.26 Å². The molecule has 1 N–H and O–H groups in total. The molecule has 0 saturated carbocycles. The highest BCUT2D eigenvalue weighted by molar-refractivity contribution is 7.99. The molecule has 0 spiro atoms. The van der Waals surface area contributed by atoms with E-state index in [-0.39, 0.29) is 12.0 Å². The molecule has 1 aliphatic heterocycles. The molecule has 0 radical (unpaired) electrons. The van der Waals surface area contributed by atoms with Gasteiger partial charge in [0.1, 0.15) is 11.5 Å². The first-order valence-corrected chi connectivity index (χ1v) is 12.6. The van der Waals surface area contributed by atoms with Crippen LogP contribution in [0.15, 0.2) is 84.9 Å². The van der Waals surface area contributed by atoms with Crippen molar-refractivity contribution in [2.45, 2.75) is 37.0 Å². The molecule has 1 aliphatic rings. The zero-order chi connectivity index (χ0) is 24.3. The monoisotopic (exact) mass is 472 g/mol. The second kappa shape index (κ2) is 9.92. The fourth-order valence-corrected chi connectivity index (χ4v) is 5.78. The summed E-state index contributed by atoms with van der Waals surface area (Å²) < 4.78 is 6.33. The second-order valence-electron chi connectivity index (χ2n) is 8.74. The van der Waals surface area contributed by atoms with E-state index in [0.717, 1.165) is 11.1 Å². The van der Waals surface area contributed by atoms with Crippen LogP contribution in [-0.4, -0.2) is 33.8 Å². The number of aliphatic hydroxyl groups is 1. The number of nitriles is 1. The Kier molecular flexibility index (Phi) is 6.97. The van der Waals surface area contributed by atoms with E-state index in [0.29, 0.717) is 11.1 Å². The van der Waals surface area contributed by atoms with Gasteiger partial charge in [-0.15, -0.1) is 11.8 Å². The number of carbonyl (C=O) groups is 1. The lowest BCUT2D eigenvalue weighted by molar-refractivity contribution is 0.0479. The first-order valence-electron chi connectivity index (χ1n) is 11.3. The van der Waals surface area contributed by atoms with E-state index >= 15 is 0 Å². The first kappa shape index (κ1) is 23.9. The number of aliphatic hydroxyl groups excluding tert-OH is 1. The van der Waals surface area contributed by atoms with Crippen LogP contribution in [0, 0.1) is 17.2 Å². The van der Waals surface area contributed by atoms with Crippen molar-refractivity contribution in [3.8, 4) is 6.07 Å². The summed E-state index contributed by atoms with van der Waals surface area (Å²) in [5.41, 5.74) is 1.92. The Hall–Kier alpha value is -3.27. The van der Waals surface area contributed by atoms with Crippen molar-refractivity contribution in [1.82, 2.24) is 4.90 Å². The van der Waals surface area contributed by atoms with E-state index in [4.69, 9.17) is 10.00 Å². The molecule has 1 saturated heterocycles. The molecule has 34 heavy (non-hydrogen) atoms. The van der Waals surface area contributed by atoms with Crippen LogP contribution < -0.4 is 0 Å². The summed E-state index contributed by atoms with van der Waals surface area (Å²) in [6, 6.07) is 28.2. The molecule has 1 amide bonds. The topological polar surface area (TPSA) is 73.6 Å². The number of rotatable bonds is 7. The highest BCUT2D eigenvalue weighted by atomic mass is 32.2. The lowest BCUT2D eigenvalue weighted by atomic mass is 9.75. The van der Waals surface area contributed by atoms with Gasteiger partial charge in [0.15, 0.2) is 5.60 Å². The van der Waals surface area contributed by atoms with Crippen LogP contribution in [0.2, 0.25) is 0 Å². The third-order valence-electron chi connectivity index (χ3n) is 6.38. The minimum Gasteiger partial charge on any atom is -0.431 e. The van der Waals surface area contributed by atoms with Gasteiger partial charge in [-0.05, 0) is 29.9 Å². The molecular weight excluding hydrogens is 444 g/mol. The molecule has 5 nitrogen and oxygen atoms in total. The Labute approximate surface area is 205 Å². The average Bonchev–Trinajstić information content (AvgIpc) is 3.19. The summed E-state index contributed by atoms with van der Waals surface area (Å²) in [5.74, 6) is 0.0228. The SMILES string of the molecule is CS[C@@H]([C@H](O)c1ccc(C#N)cc1)N1C(=O)OC(c2ccccc2)(c2ccccc2)[C@@H]1C(C)C. The van der Waals surface area contributed by atoms with Crippen molar-refractivity contribution >= 4 is 17.9 Å². The van der Waals surface area contributed by atoms with Crippen LogP contribution in [0.25, 0.3) is 0 Å². The Morgan fingerprint density at radius 2 is 1.50 bits per heavy atom. The Balaban J connectivity index is 1.84. The van der Waals surface area contributed by atoms with Crippen LogP contribution >= 0.6 is 11.8 Å². The first-order chi connectivity index (χ1) is 16.4. The Morgan fingerprint density at radius 3 is 1.94 bits per heavy atom. The molecule has 0 bridgehead atoms. The quantitative estimate of drug-likeness (QED) is 0.477. The van der Waals surface area contributed by atoms with Crippen LogP contribution in [0.3, 0.4) is 0 Å². The van der Waals surface area contributed by atoms with Crippen molar-refractivity contribution in [3.05, 3.63) is 107 Å². The maximum absolute atomic E-state index is 13.6. The fraction of sp³-hybridized carbons (Fsp3) is 0.286. The van der Waals surface area contributed by atoms with Crippen molar-refractivity contribution in [2.24, 2.45) is 5.92 Å². The number of benzene rings is 3. The summed E-state index contributed by atoms with van der Waals surface area (Å²) in [6.07, 6.45) is 0.463. The van der Waals surface area contributed by atoms with Gasteiger partial charge in [0.2, 0.25) is 0 Å². The van der Waals surface area contributed by atoms with Crippen molar-refractivity contribution in [1.29, 1.82) is 5.26 Å². The maximum Gasteiger partial charge on any atom is 0.412 e. The summed E-state index contributed by atoms with van der Waals surface area (Å²) in [6.45, 7) is 4.15. The number of thioether (sulfide) groups is 1. The smallest absolute Gasteiger partial charge is 0.412 e. The number of hydrogen-bond donors (Lipinski definition) is 1. The van der Waals surface area contributed by atoms with Gasteiger partial charge in [-0.1, -0.05) is 86.6 Å². The minimum absolute atomic E-state index is 0.0228. The zero-order valence-electron chi connectivity index (χ0n) is 19.5. The van der Waals surface area contributed by atoms with Gasteiger partial charge in [0.25, 0.3) is 0 Å². The summed E-state index contributed by atoms with van der Waals surface area (Å²) in [7, 11) is 0. The molecule has 3 atom stereocenters. The highest BCUT2D eigenvalue weighted by Gasteiger charge is 2.59. The molecule has 174 valence electrons. The fourth-order valence-electron chi connectivity index (χ4n) is 4.92. The molecule has 0 aromatic heterocycles. The molecule has 1 heterocycles. The van der Waals surface area contributed by atoms with E-state index in [1.165, 1.54) is 11.8 Å². The molecule has 6 heteroatoms. The number of cyclic esters (lactones) is 1. The molecule has 4 rings (SSSR count). The van der Waals surface area contributed by atoms with E-state index in [1.54, 1.807) is 29.2 Å². The highest BCUT2D eigenvalue weighted by Crippen LogP contribution is 2.50. The van der Waals surface area contributed by atoms with Crippen LogP contribution in [0.5, 0.6) is 0 Å². The Bertz CT molecular complexity index is 1120. The second-order valence-corrected chi connectivity index (χ2v) is 9.69. The minimum atomic E-state index is -1.02. The van der Waals surface area contributed by atoms with Crippen molar-refractivity contribution < 1.29 is 14.6 Å². The normalized spacial score (nSPS) is 18.9. The number of ether oxygens (including phenoxy) is 1. The number of amides is 1. The zero-order valence-corrected chi connectivity index (χ0v) is 20.3. The average molecular weight is 473 g/mol. The number of hydrogen-bond acceptors (Lipinski definition) is 5. The predicted molar refractivity (Wildman–Crippen MR) is 134 cm³/mol. The summed E-state index contributed by atoms with van der Waals surface area (Å²) in [4.78, 5) is 15.3. The van der Waals surface area contributed by atoms with E-state index in [9.17, 15) is 9.90 Å². The van der Waals surface area contributed by atoms with Gasteiger partial charge in [0.05, 0.1) is 17.7 Å². The number of nitrogens with zero attached hydrogens (tertiary/aromatic N) is 2. The molecule has 1 fully saturated rings. The van der Waals surface area contributed by atoms with Crippen molar-refractivity contribution in [3.63, 3.8) is 0 Å². The lowest BCUT2D eigenvalue weighted by Gasteiger charge is -2.41. The third-order valence-corrected chi connectivity index (χ3v) is 7.35. The van der Waals surface area contributed by atoms with Gasteiger partial charge < -0.3 is 9.84 Å². The summed E-state index contributed by atoms with van der Waals surface area (Å²) in [5, 5.41) is 19.9. The molecular formula is C28H28N2O3S. The van der Waals surface area contributed by atoms with Gasteiger partial charge in [-0.3, -0.25) is 4.90 Å². The maximum atomic E-state index is 13.6. The molecule has 0 unspecified atom stereocenters. The molecule has 0 aliphatic carbocycles. The molecule has 3 aromatic rings. The largest absolute Gasteiger partial charge is 0.431 e. The van der Waals surface area contributed by atoms with Gasteiger partial charge in [-0.25, -0.2) is 4.79 Å². The standard InChI is InChI=1S/C28H28N2O3S/c1-19(2)25-28(22-10-6-4-7-11-22,23-12-8-5-9-13-23)33-27(32)30(25)26(34-3)24(31)21-16-14-20(18-29)15-17-21/h4-17,19,24-26,31H,1-3H3/t24-,25+,26+/m1/s1. The molecule has 3 aromatic carbocycles. The number of carbonyl (C=O) groups excluding carboxylic acids is 1. The van der Waals surface area contributed by atoms with E-state index in [1.807, 2.05) is 66.9 Å². The summed E-state index contributed by atoms with van der Waals surface area (Å²) >= 11 is 1.41. The lowest BCUT2D eigenvalue weighted by Crippen LogP contribution is -2.51. The van der Waals surface area contributed by atoms with Gasteiger partial charge in [0, 0.05) is 11.1 Å².